The third-order valence-corrected chi connectivity index (χ3v) is 5.23. The van der Waals surface area contributed by atoms with Gasteiger partial charge in [0, 0.05) is 43.8 Å². The molecule has 4 heterocycles. The van der Waals surface area contributed by atoms with Crippen molar-refractivity contribution in [2.45, 2.75) is 13.5 Å². The number of pyridine rings is 1. The maximum absolute atomic E-state index is 12.7. The summed E-state index contributed by atoms with van der Waals surface area (Å²) < 4.78 is 3.87. The standard InChI is InChI=1S/C21H20N6OS/c1-15-23-17(13-26(15)2)5-6-18-14-29-21(24-18)25-20(28)19-4-3-11-27(19)12-16-7-9-22-10-8-16/h3-11,13-14H,12H2,1-2H3,(H,24,25,28)/b6-5+. The number of nitrogens with one attached hydrogen (secondary N) is 1. The first-order valence-electron chi connectivity index (χ1n) is 9.07. The van der Waals surface area contributed by atoms with Gasteiger partial charge >= 0.3 is 0 Å². The molecule has 0 fully saturated rings. The smallest absolute Gasteiger partial charge is 0.274 e. The van der Waals surface area contributed by atoms with Crippen LogP contribution in [-0.2, 0) is 13.6 Å². The molecule has 0 aliphatic heterocycles. The number of nitrogens with zero attached hydrogens (tertiary/aromatic N) is 5. The number of anilines is 1. The van der Waals surface area contributed by atoms with Crippen LogP contribution in [0.4, 0.5) is 5.13 Å². The van der Waals surface area contributed by atoms with E-state index in [0.717, 1.165) is 22.8 Å². The molecule has 1 N–H and O–H groups in total. The Morgan fingerprint density at radius 2 is 1.97 bits per heavy atom. The number of thiazole rings is 1. The van der Waals surface area contributed by atoms with Gasteiger partial charge in [-0.05, 0) is 48.9 Å². The second-order valence-corrected chi connectivity index (χ2v) is 7.42. The van der Waals surface area contributed by atoms with Crippen molar-refractivity contribution in [1.82, 2.24) is 24.1 Å². The van der Waals surface area contributed by atoms with Gasteiger partial charge in [0.05, 0.1) is 11.4 Å². The Kier molecular flexibility index (Phi) is 5.35. The van der Waals surface area contributed by atoms with E-state index in [2.05, 4.69) is 20.3 Å². The summed E-state index contributed by atoms with van der Waals surface area (Å²) in [4.78, 5) is 25.6. The Morgan fingerprint density at radius 1 is 1.17 bits per heavy atom. The molecule has 0 saturated heterocycles. The van der Waals surface area contributed by atoms with E-state index in [1.165, 1.54) is 11.3 Å². The van der Waals surface area contributed by atoms with Gasteiger partial charge in [0.15, 0.2) is 5.13 Å². The Balaban J connectivity index is 1.43. The zero-order valence-electron chi connectivity index (χ0n) is 16.1. The van der Waals surface area contributed by atoms with Crippen molar-refractivity contribution < 1.29 is 4.79 Å². The quantitative estimate of drug-likeness (QED) is 0.529. The lowest BCUT2D eigenvalue weighted by molar-refractivity contribution is 0.101. The maximum Gasteiger partial charge on any atom is 0.274 e. The van der Waals surface area contributed by atoms with Gasteiger partial charge in [-0.15, -0.1) is 11.3 Å². The number of carbonyl (C=O) groups is 1. The molecular formula is C21H20N6OS. The zero-order valence-corrected chi connectivity index (χ0v) is 16.9. The average Bonchev–Trinajstić information content (AvgIpc) is 3.42. The van der Waals surface area contributed by atoms with Crippen molar-refractivity contribution in [3.8, 4) is 0 Å². The molecule has 0 saturated carbocycles. The molecule has 4 aromatic rings. The topological polar surface area (TPSA) is 77.6 Å². The first kappa shape index (κ1) is 18.8. The minimum absolute atomic E-state index is 0.186. The number of rotatable bonds is 6. The largest absolute Gasteiger partial charge is 0.339 e. The molecular weight excluding hydrogens is 384 g/mol. The maximum atomic E-state index is 12.7. The van der Waals surface area contributed by atoms with E-state index in [1.807, 2.05) is 71.2 Å². The monoisotopic (exact) mass is 404 g/mol. The van der Waals surface area contributed by atoms with Crippen LogP contribution >= 0.6 is 11.3 Å². The Labute approximate surface area is 172 Å². The molecule has 1 amide bonds. The van der Waals surface area contributed by atoms with Gasteiger partial charge in [-0.3, -0.25) is 15.1 Å². The van der Waals surface area contributed by atoms with Crippen molar-refractivity contribution in [3.05, 3.63) is 82.9 Å². The van der Waals surface area contributed by atoms with E-state index in [4.69, 9.17) is 0 Å². The normalized spacial score (nSPS) is 11.2. The number of hydrogen-bond acceptors (Lipinski definition) is 5. The molecule has 4 aromatic heterocycles. The first-order valence-corrected chi connectivity index (χ1v) is 9.95. The molecule has 29 heavy (non-hydrogen) atoms. The van der Waals surface area contributed by atoms with Crippen molar-refractivity contribution in [3.63, 3.8) is 0 Å². The van der Waals surface area contributed by atoms with Crippen LogP contribution in [0.3, 0.4) is 0 Å². The molecule has 0 atom stereocenters. The average molecular weight is 404 g/mol. The fourth-order valence-corrected chi connectivity index (χ4v) is 3.54. The van der Waals surface area contributed by atoms with Gasteiger partial charge in [-0.2, -0.15) is 0 Å². The summed E-state index contributed by atoms with van der Waals surface area (Å²) in [5.74, 6) is 0.764. The van der Waals surface area contributed by atoms with Gasteiger partial charge in [-0.25, -0.2) is 9.97 Å². The van der Waals surface area contributed by atoms with E-state index >= 15 is 0 Å². The molecule has 0 unspecified atom stereocenters. The second-order valence-electron chi connectivity index (χ2n) is 6.57. The van der Waals surface area contributed by atoms with Crippen LogP contribution in [0.15, 0.2) is 54.4 Å². The fraction of sp³-hybridized carbons (Fsp3) is 0.143. The number of carbonyl (C=O) groups excluding carboxylic acids is 1. The minimum atomic E-state index is -0.186. The predicted molar refractivity (Wildman–Crippen MR) is 115 cm³/mol. The van der Waals surface area contributed by atoms with Crippen molar-refractivity contribution in [1.29, 1.82) is 0 Å². The van der Waals surface area contributed by atoms with Crippen LogP contribution in [-0.4, -0.2) is 30.0 Å². The van der Waals surface area contributed by atoms with E-state index < -0.39 is 0 Å². The zero-order chi connectivity index (χ0) is 20.2. The van der Waals surface area contributed by atoms with E-state index in [1.54, 1.807) is 18.5 Å². The molecule has 0 spiro atoms. The van der Waals surface area contributed by atoms with Crippen molar-refractivity contribution in [2.24, 2.45) is 7.05 Å². The number of aromatic nitrogens is 5. The molecule has 0 aliphatic carbocycles. The summed E-state index contributed by atoms with van der Waals surface area (Å²) in [6.07, 6.45) is 11.1. The highest BCUT2D eigenvalue weighted by atomic mass is 32.1. The summed E-state index contributed by atoms with van der Waals surface area (Å²) in [5.41, 5.74) is 3.31. The van der Waals surface area contributed by atoms with Gasteiger partial charge in [0.2, 0.25) is 0 Å². The molecule has 8 heteroatoms. The first-order chi connectivity index (χ1) is 14.1. The van der Waals surface area contributed by atoms with Crippen LogP contribution in [0.25, 0.3) is 12.2 Å². The highest BCUT2D eigenvalue weighted by Crippen LogP contribution is 2.19. The summed E-state index contributed by atoms with van der Waals surface area (Å²) in [7, 11) is 1.96. The lowest BCUT2D eigenvalue weighted by Gasteiger charge is -2.08. The minimum Gasteiger partial charge on any atom is -0.339 e. The lowest BCUT2D eigenvalue weighted by atomic mass is 10.2. The predicted octanol–water partition coefficient (Wildman–Crippen LogP) is 3.85. The third kappa shape index (κ3) is 4.49. The van der Waals surface area contributed by atoms with E-state index in [0.29, 0.717) is 17.4 Å². The SMILES string of the molecule is Cc1nc(/C=C/c2csc(NC(=O)c3cccn3Cc3ccncc3)n2)cn1C. The Bertz CT molecular complexity index is 1140. The van der Waals surface area contributed by atoms with Crippen LogP contribution < -0.4 is 5.32 Å². The van der Waals surface area contributed by atoms with Gasteiger partial charge in [0.25, 0.3) is 5.91 Å². The van der Waals surface area contributed by atoms with Gasteiger partial charge in [-0.1, -0.05) is 0 Å². The fourth-order valence-electron chi connectivity index (χ4n) is 2.86. The van der Waals surface area contributed by atoms with Crippen LogP contribution in [0, 0.1) is 6.92 Å². The summed E-state index contributed by atoms with van der Waals surface area (Å²) in [6.45, 7) is 2.56. The van der Waals surface area contributed by atoms with Crippen molar-refractivity contribution in [2.75, 3.05) is 5.32 Å². The third-order valence-electron chi connectivity index (χ3n) is 4.46. The number of imidazole rings is 1. The Hall–Kier alpha value is -3.52. The molecule has 0 aliphatic rings. The van der Waals surface area contributed by atoms with Crippen molar-refractivity contribution >= 4 is 34.5 Å². The number of aryl methyl sites for hydroxylation is 2. The van der Waals surface area contributed by atoms with Gasteiger partial charge < -0.3 is 9.13 Å². The lowest BCUT2D eigenvalue weighted by Crippen LogP contribution is -2.17. The molecule has 7 nitrogen and oxygen atoms in total. The molecule has 146 valence electrons. The van der Waals surface area contributed by atoms with Crippen LogP contribution in [0.2, 0.25) is 0 Å². The Morgan fingerprint density at radius 3 is 2.72 bits per heavy atom. The summed E-state index contributed by atoms with van der Waals surface area (Å²) >= 11 is 1.39. The summed E-state index contributed by atoms with van der Waals surface area (Å²) in [6, 6.07) is 7.53. The van der Waals surface area contributed by atoms with Crippen LogP contribution in [0.5, 0.6) is 0 Å². The number of hydrogen-bond donors (Lipinski definition) is 1. The molecule has 0 bridgehead atoms. The van der Waals surface area contributed by atoms with E-state index in [-0.39, 0.29) is 5.91 Å². The molecule has 0 radical (unpaired) electrons. The van der Waals surface area contributed by atoms with E-state index in [9.17, 15) is 4.79 Å². The second kappa shape index (κ2) is 8.24. The van der Waals surface area contributed by atoms with Crippen LogP contribution in [0.1, 0.15) is 33.3 Å². The molecule has 4 rings (SSSR count). The summed E-state index contributed by atoms with van der Waals surface area (Å²) in [5, 5.41) is 5.34. The highest BCUT2D eigenvalue weighted by Gasteiger charge is 2.13. The number of amides is 1. The van der Waals surface area contributed by atoms with Gasteiger partial charge in [0.1, 0.15) is 11.5 Å². The highest BCUT2D eigenvalue weighted by molar-refractivity contribution is 7.14. The molecule has 0 aromatic carbocycles.